The number of aryl methyl sites for hydroxylation is 1. The number of nitrogens with one attached hydrogen (secondary N) is 1. The zero-order valence-electron chi connectivity index (χ0n) is 14.5. The predicted molar refractivity (Wildman–Crippen MR) is 103 cm³/mol. The summed E-state index contributed by atoms with van der Waals surface area (Å²) < 4.78 is 27.2. The molecular formula is C19H21ClN2O3S. The standard InChI is InChI=1S/C19H21ClN2O3S/c1-14-5-10-17(26(24,25)22-11-3-2-4-12-22)13-18(14)21-19(23)15-6-8-16(20)9-7-15/h5-10,13H,2-4,11-12H2,1H3,(H,21,23). The molecule has 1 fully saturated rings. The first kappa shape index (κ1) is 18.9. The summed E-state index contributed by atoms with van der Waals surface area (Å²) in [6.45, 7) is 2.92. The molecule has 2 aromatic carbocycles. The lowest BCUT2D eigenvalue weighted by atomic mass is 10.1. The highest BCUT2D eigenvalue weighted by atomic mass is 35.5. The first-order valence-electron chi connectivity index (χ1n) is 8.55. The van der Waals surface area contributed by atoms with E-state index in [1.54, 1.807) is 36.4 Å². The van der Waals surface area contributed by atoms with Crippen LogP contribution in [0, 0.1) is 6.92 Å². The summed E-state index contributed by atoms with van der Waals surface area (Å²) in [4.78, 5) is 12.6. The molecule has 0 saturated carbocycles. The minimum atomic E-state index is -3.54. The number of rotatable bonds is 4. The number of anilines is 1. The van der Waals surface area contributed by atoms with Crippen molar-refractivity contribution in [1.82, 2.24) is 4.31 Å². The Bertz CT molecular complexity index is 905. The molecule has 3 rings (SSSR count). The van der Waals surface area contributed by atoms with Gasteiger partial charge in [-0.2, -0.15) is 4.31 Å². The Morgan fingerprint density at radius 1 is 1.04 bits per heavy atom. The van der Waals surface area contributed by atoms with E-state index in [0.29, 0.717) is 29.4 Å². The van der Waals surface area contributed by atoms with Gasteiger partial charge in [0.15, 0.2) is 0 Å². The van der Waals surface area contributed by atoms with E-state index in [0.717, 1.165) is 24.8 Å². The van der Waals surface area contributed by atoms with Gasteiger partial charge >= 0.3 is 0 Å². The average molecular weight is 393 g/mol. The van der Waals surface area contributed by atoms with Crippen molar-refractivity contribution in [1.29, 1.82) is 0 Å². The number of sulfonamides is 1. The maximum absolute atomic E-state index is 12.8. The van der Waals surface area contributed by atoms with Gasteiger partial charge in [-0.15, -0.1) is 0 Å². The van der Waals surface area contributed by atoms with Crippen molar-refractivity contribution in [2.75, 3.05) is 18.4 Å². The minimum Gasteiger partial charge on any atom is -0.322 e. The molecule has 1 aliphatic rings. The van der Waals surface area contributed by atoms with Crippen molar-refractivity contribution < 1.29 is 13.2 Å². The number of carbonyl (C=O) groups excluding carboxylic acids is 1. The van der Waals surface area contributed by atoms with Crippen LogP contribution in [0.5, 0.6) is 0 Å². The topological polar surface area (TPSA) is 66.5 Å². The summed E-state index contributed by atoms with van der Waals surface area (Å²) in [5, 5.41) is 3.34. The fourth-order valence-corrected chi connectivity index (χ4v) is 4.62. The summed E-state index contributed by atoms with van der Waals surface area (Å²) in [6, 6.07) is 11.4. The van der Waals surface area contributed by atoms with Crippen LogP contribution in [-0.2, 0) is 10.0 Å². The smallest absolute Gasteiger partial charge is 0.255 e. The van der Waals surface area contributed by atoms with E-state index in [9.17, 15) is 13.2 Å². The summed E-state index contributed by atoms with van der Waals surface area (Å²) in [5.74, 6) is -0.308. The van der Waals surface area contributed by atoms with Crippen molar-refractivity contribution >= 4 is 33.2 Å². The van der Waals surface area contributed by atoms with E-state index in [2.05, 4.69) is 5.32 Å². The maximum atomic E-state index is 12.8. The minimum absolute atomic E-state index is 0.205. The van der Waals surface area contributed by atoms with E-state index in [-0.39, 0.29) is 10.8 Å². The number of piperidine rings is 1. The maximum Gasteiger partial charge on any atom is 0.255 e. The third-order valence-corrected chi connectivity index (χ3v) is 6.66. The van der Waals surface area contributed by atoms with Gasteiger partial charge < -0.3 is 5.32 Å². The van der Waals surface area contributed by atoms with Crippen molar-refractivity contribution in [2.24, 2.45) is 0 Å². The molecule has 0 spiro atoms. The second-order valence-electron chi connectivity index (χ2n) is 6.40. The number of halogens is 1. The summed E-state index contributed by atoms with van der Waals surface area (Å²) in [5.41, 5.74) is 1.74. The van der Waals surface area contributed by atoms with E-state index >= 15 is 0 Å². The largest absolute Gasteiger partial charge is 0.322 e. The van der Waals surface area contributed by atoms with Gasteiger partial charge in [0.2, 0.25) is 10.0 Å². The third kappa shape index (κ3) is 4.09. The van der Waals surface area contributed by atoms with Crippen LogP contribution in [0.4, 0.5) is 5.69 Å². The molecule has 1 N–H and O–H groups in total. The van der Waals surface area contributed by atoms with Crippen molar-refractivity contribution in [2.45, 2.75) is 31.1 Å². The molecule has 138 valence electrons. The van der Waals surface area contributed by atoms with Crippen LogP contribution < -0.4 is 5.32 Å². The molecule has 1 heterocycles. The molecule has 0 aliphatic carbocycles. The molecule has 1 saturated heterocycles. The molecule has 1 amide bonds. The lowest BCUT2D eigenvalue weighted by Gasteiger charge is -2.26. The van der Waals surface area contributed by atoms with Gasteiger partial charge in [0.05, 0.1) is 4.90 Å². The highest BCUT2D eigenvalue weighted by Crippen LogP contribution is 2.25. The quantitative estimate of drug-likeness (QED) is 0.852. The zero-order valence-corrected chi connectivity index (χ0v) is 16.1. The van der Waals surface area contributed by atoms with E-state index in [4.69, 9.17) is 11.6 Å². The lowest BCUT2D eigenvalue weighted by molar-refractivity contribution is 0.102. The van der Waals surface area contributed by atoms with Crippen molar-refractivity contribution in [3.05, 3.63) is 58.6 Å². The van der Waals surface area contributed by atoms with Crippen LogP contribution in [0.25, 0.3) is 0 Å². The van der Waals surface area contributed by atoms with Crippen molar-refractivity contribution in [3.63, 3.8) is 0 Å². The van der Waals surface area contributed by atoms with Gasteiger partial charge in [-0.05, 0) is 61.7 Å². The molecular weight excluding hydrogens is 372 g/mol. The molecule has 2 aromatic rings. The zero-order chi connectivity index (χ0) is 18.7. The van der Waals surface area contributed by atoms with Crippen LogP contribution in [0.2, 0.25) is 5.02 Å². The van der Waals surface area contributed by atoms with E-state index in [1.165, 1.54) is 10.4 Å². The Hall–Kier alpha value is -1.89. The number of benzene rings is 2. The van der Waals surface area contributed by atoms with Gasteiger partial charge in [-0.25, -0.2) is 8.42 Å². The first-order chi connectivity index (χ1) is 12.4. The Balaban J connectivity index is 1.85. The summed E-state index contributed by atoms with van der Waals surface area (Å²) >= 11 is 5.84. The van der Waals surface area contributed by atoms with Crippen LogP contribution >= 0.6 is 11.6 Å². The Labute approximate surface area is 159 Å². The van der Waals surface area contributed by atoms with Crippen LogP contribution in [0.15, 0.2) is 47.4 Å². The fourth-order valence-electron chi connectivity index (χ4n) is 2.95. The SMILES string of the molecule is Cc1ccc(S(=O)(=O)N2CCCCC2)cc1NC(=O)c1ccc(Cl)cc1. The third-order valence-electron chi connectivity index (χ3n) is 4.52. The highest BCUT2D eigenvalue weighted by Gasteiger charge is 2.26. The molecule has 0 radical (unpaired) electrons. The Morgan fingerprint density at radius 3 is 2.35 bits per heavy atom. The number of hydrogen-bond donors (Lipinski definition) is 1. The van der Waals surface area contributed by atoms with Gasteiger partial charge in [0.25, 0.3) is 5.91 Å². The van der Waals surface area contributed by atoms with Gasteiger partial charge in [-0.1, -0.05) is 24.1 Å². The van der Waals surface area contributed by atoms with E-state index in [1.807, 2.05) is 6.92 Å². The molecule has 7 heteroatoms. The van der Waals surface area contributed by atoms with Gasteiger partial charge in [-0.3, -0.25) is 4.79 Å². The molecule has 26 heavy (non-hydrogen) atoms. The molecule has 0 bridgehead atoms. The lowest BCUT2D eigenvalue weighted by Crippen LogP contribution is -2.35. The highest BCUT2D eigenvalue weighted by molar-refractivity contribution is 7.89. The summed E-state index contributed by atoms with van der Waals surface area (Å²) in [6.07, 6.45) is 2.82. The Morgan fingerprint density at radius 2 is 1.69 bits per heavy atom. The number of amides is 1. The number of nitrogens with zero attached hydrogens (tertiary/aromatic N) is 1. The second kappa shape index (κ2) is 7.78. The molecule has 0 atom stereocenters. The van der Waals surface area contributed by atoms with Crippen LogP contribution in [0.3, 0.4) is 0 Å². The van der Waals surface area contributed by atoms with Crippen LogP contribution in [0.1, 0.15) is 35.2 Å². The van der Waals surface area contributed by atoms with Gasteiger partial charge in [0.1, 0.15) is 0 Å². The molecule has 0 aromatic heterocycles. The first-order valence-corrected chi connectivity index (χ1v) is 10.4. The normalized spacial score (nSPS) is 15.6. The fraction of sp³-hybridized carbons (Fsp3) is 0.316. The summed E-state index contributed by atoms with van der Waals surface area (Å²) in [7, 11) is -3.54. The van der Waals surface area contributed by atoms with Crippen LogP contribution in [-0.4, -0.2) is 31.7 Å². The predicted octanol–water partition coefficient (Wildman–Crippen LogP) is 4.08. The monoisotopic (exact) mass is 392 g/mol. The Kier molecular flexibility index (Phi) is 5.65. The van der Waals surface area contributed by atoms with Crippen molar-refractivity contribution in [3.8, 4) is 0 Å². The molecule has 0 unspecified atom stereocenters. The van der Waals surface area contributed by atoms with Gasteiger partial charge in [0, 0.05) is 29.4 Å². The molecule has 5 nitrogen and oxygen atoms in total. The average Bonchev–Trinajstić information content (AvgIpc) is 2.64. The molecule has 1 aliphatic heterocycles. The second-order valence-corrected chi connectivity index (χ2v) is 8.78. The van der Waals surface area contributed by atoms with E-state index < -0.39 is 10.0 Å². The number of carbonyl (C=O) groups is 1. The number of hydrogen-bond acceptors (Lipinski definition) is 3.